The van der Waals surface area contributed by atoms with Gasteiger partial charge in [-0.15, -0.1) is 0 Å². The molecule has 0 radical (unpaired) electrons. The molecule has 2 aromatic carbocycles. The van der Waals surface area contributed by atoms with Crippen LogP contribution < -0.4 is 9.96 Å². The van der Waals surface area contributed by atoms with Crippen molar-refractivity contribution in [2.24, 2.45) is 0 Å². The van der Waals surface area contributed by atoms with E-state index in [-0.39, 0.29) is 34.2 Å². The van der Waals surface area contributed by atoms with Gasteiger partial charge in [-0.25, -0.2) is 9.78 Å². The van der Waals surface area contributed by atoms with Gasteiger partial charge in [-0.1, -0.05) is 40.6 Å². The van der Waals surface area contributed by atoms with Crippen LogP contribution in [-0.4, -0.2) is 64.2 Å². The zero-order valence-electron chi connectivity index (χ0n) is 24.4. The maximum atomic E-state index is 13.5. The molecule has 17 heteroatoms. The standard InChI is InChI=1S/C30H26Cl2F6N6O2S/c31-21-4-3-5-22(32)20(21)16-23-39-24-25(44(46-27(45)30(36,37)38)19-8-6-17(7-9-19)29(33,34)35)40-28(41-26(24)47-23)43-14-10-18(11-15-43)42-12-1-2-13-42/h3-9,18H,1-2,10-16H2. The minimum Gasteiger partial charge on any atom is -0.341 e. The SMILES string of the molecule is O=C(ON(c1ccc(C(F)(F)F)cc1)c1nc(N2CCC(N3CCCC3)CC2)nc2sc(Cc3c(Cl)cccc3Cl)nc12)C(F)(F)F. The molecule has 0 spiro atoms. The molecule has 8 nitrogen and oxygen atoms in total. The summed E-state index contributed by atoms with van der Waals surface area (Å²) in [5.41, 5.74) is -0.848. The van der Waals surface area contributed by atoms with Crippen molar-refractivity contribution >= 4 is 68.3 Å². The summed E-state index contributed by atoms with van der Waals surface area (Å²) in [6.45, 7) is 3.16. The number of thiazole rings is 1. The van der Waals surface area contributed by atoms with E-state index in [1.54, 1.807) is 18.2 Å². The molecular weight excluding hydrogens is 693 g/mol. The molecule has 0 amide bonds. The smallest absolute Gasteiger partial charge is 0.341 e. The summed E-state index contributed by atoms with van der Waals surface area (Å²) in [7, 11) is 0. The van der Waals surface area contributed by atoms with Crippen molar-refractivity contribution in [1.82, 2.24) is 19.9 Å². The van der Waals surface area contributed by atoms with Crippen molar-refractivity contribution in [2.75, 3.05) is 36.1 Å². The van der Waals surface area contributed by atoms with E-state index in [1.807, 2.05) is 4.90 Å². The van der Waals surface area contributed by atoms with Gasteiger partial charge in [0.2, 0.25) is 11.8 Å². The van der Waals surface area contributed by atoms with Gasteiger partial charge in [0.15, 0.2) is 4.83 Å². The maximum Gasteiger partial charge on any atom is 0.493 e. The highest BCUT2D eigenvalue weighted by Crippen LogP contribution is 2.39. The third-order valence-corrected chi connectivity index (χ3v) is 9.75. The lowest BCUT2D eigenvalue weighted by Gasteiger charge is -2.36. The molecule has 0 unspecified atom stereocenters. The topological polar surface area (TPSA) is 74.7 Å². The van der Waals surface area contributed by atoms with Gasteiger partial charge in [0.05, 0.1) is 11.3 Å². The number of hydrogen-bond donors (Lipinski definition) is 0. The fraction of sp³-hybridized carbons (Fsp3) is 0.400. The van der Waals surface area contributed by atoms with Crippen LogP contribution in [0.5, 0.6) is 0 Å². The second-order valence-electron chi connectivity index (χ2n) is 11.2. The molecule has 2 fully saturated rings. The molecule has 0 N–H and O–H groups in total. The molecule has 2 aliphatic heterocycles. The first kappa shape index (κ1) is 33.5. The average molecular weight is 720 g/mol. The summed E-state index contributed by atoms with van der Waals surface area (Å²) >= 11 is 13.9. The third-order valence-electron chi connectivity index (χ3n) is 8.09. The Morgan fingerprint density at radius 2 is 1.55 bits per heavy atom. The zero-order chi connectivity index (χ0) is 33.5. The van der Waals surface area contributed by atoms with Crippen LogP contribution in [0.1, 0.15) is 41.8 Å². The minimum absolute atomic E-state index is 0.0289. The number of halogens is 8. The Labute approximate surface area is 278 Å². The minimum atomic E-state index is -5.43. The molecule has 0 atom stereocenters. The largest absolute Gasteiger partial charge is 0.493 e. The lowest BCUT2D eigenvalue weighted by Crippen LogP contribution is -2.44. The number of nitrogens with zero attached hydrogens (tertiary/aromatic N) is 6. The Bertz CT molecular complexity index is 1740. The number of alkyl halides is 6. The quantitative estimate of drug-likeness (QED) is 0.140. The number of fused-ring (bicyclic) bond motifs is 1. The highest BCUT2D eigenvalue weighted by Gasteiger charge is 2.44. The third kappa shape index (κ3) is 7.37. The van der Waals surface area contributed by atoms with Gasteiger partial charge < -0.3 is 14.6 Å². The number of carbonyl (C=O) groups is 1. The molecule has 6 rings (SSSR count). The Balaban J connectivity index is 1.44. The van der Waals surface area contributed by atoms with Gasteiger partial charge in [-0.05, 0) is 80.7 Å². The molecule has 4 aromatic rings. The summed E-state index contributed by atoms with van der Waals surface area (Å²) in [4.78, 5) is 35.4. The summed E-state index contributed by atoms with van der Waals surface area (Å²) < 4.78 is 80.5. The van der Waals surface area contributed by atoms with Crippen LogP contribution in [0.4, 0.5) is 43.8 Å². The molecule has 47 heavy (non-hydrogen) atoms. The number of rotatable bonds is 7. The highest BCUT2D eigenvalue weighted by molar-refractivity contribution is 7.18. The van der Waals surface area contributed by atoms with Crippen LogP contribution in [-0.2, 0) is 22.2 Å². The zero-order valence-corrected chi connectivity index (χ0v) is 26.7. The lowest BCUT2D eigenvalue weighted by atomic mass is 10.0. The van der Waals surface area contributed by atoms with Gasteiger partial charge in [0.1, 0.15) is 10.5 Å². The van der Waals surface area contributed by atoms with E-state index >= 15 is 0 Å². The molecule has 4 heterocycles. The fourth-order valence-electron chi connectivity index (χ4n) is 5.73. The predicted octanol–water partition coefficient (Wildman–Crippen LogP) is 8.23. The number of hydrogen-bond acceptors (Lipinski definition) is 9. The van der Waals surface area contributed by atoms with Gasteiger partial charge in [0, 0.05) is 35.6 Å². The van der Waals surface area contributed by atoms with Crippen molar-refractivity contribution in [2.45, 2.75) is 50.5 Å². The monoisotopic (exact) mass is 718 g/mol. The Hall–Kier alpha value is -3.40. The number of piperidine rings is 1. The molecule has 2 aliphatic rings. The summed E-state index contributed by atoms with van der Waals surface area (Å²) in [5.74, 6) is -2.80. The number of likely N-dealkylation sites (tertiary alicyclic amines) is 1. The van der Waals surface area contributed by atoms with E-state index in [1.165, 1.54) is 0 Å². The Kier molecular flexibility index (Phi) is 9.44. The maximum absolute atomic E-state index is 13.5. The van der Waals surface area contributed by atoms with E-state index in [9.17, 15) is 31.1 Å². The normalized spacial score (nSPS) is 16.6. The van der Waals surface area contributed by atoms with Gasteiger partial charge >= 0.3 is 18.3 Å². The van der Waals surface area contributed by atoms with E-state index in [0.717, 1.165) is 62.2 Å². The molecule has 0 saturated carbocycles. The van der Waals surface area contributed by atoms with Crippen molar-refractivity contribution in [1.29, 1.82) is 0 Å². The second kappa shape index (κ2) is 13.2. The van der Waals surface area contributed by atoms with Crippen molar-refractivity contribution in [3.8, 4) is 0 Å². The van der Waals surface area contributed by atoms with Crippen molar-refractivity contribution < 1.29 is 36.0 Å². The average Bonchev–Trinajstić information content (AvgIpc) is 3.71. The van der Waals surface area contributed by atoms with Crippen LogP contribution in [0.3, 0.4) is 0 Å². The summed E-state index contributed by atoms with van der Waals surface area (Å²) in [5, 5.41) is 1.61. The summed E-state index contributed by atoms with van der Waals surface area (Å²) in [6, 6.07) is 8.45. The second-order valence-corrected chi connectivity index (χ2v) is 13.0. The van der Waals surface area contributed by atoms with Crippen LogP contribution >= 0.6 is 34.5 Å². The Morgan fingerprint density at radius 1 is 0.915 bits per heavy atom. The van der Waals surface area contributed by atoms with Gasteiger partial charge in [0.25, 0.3) is 0 Å². The number of aromatic nitrogens is 3. The predicted molar refractivity (Wildman–Crippen MR) is 166 cm³/mol. The molecule has 250 valence electrons. The first-order valence-corrected chi connectivity index (χ1v) is 16.2. The number of benzene rings is 2. The van der Waals surface area contributed by atoms with E-state index < -0.39 is 23.9 Å². The molecule has 2 saturated heterocycles. The lowest BCUT2D eigenvalue weighted by molar-refractivity contribution is -0.199. The van der Waals surface area contributed by atoms with E-state index in [0.29, 0.717) is 56.9 Å². The first-order chi connectivity index (χ1) is 22.3. The Morgan fingerprint density at radius 3 is 2.15 bits per heavy atom. The van der Waals surface area contributed by atoms with Crippen LogP contribution in [0.2, 0.25) is 10.0 Å². The summed E-state index contributed by atoms with van der Waals surface area (Å²) in [6.07, 6.45) is -6.10. The van der Waals surface area contributed by atoms with Crippen molar-refractivity contribution in [3.05, 3.63) is 68.6 Å². The van der Waals surface area contributed by atoms with Gasteiger partial charge in [-0.3, -0.25) is 0 Å². The molecule has 0 aliphatic carbocycles. The van der Waals surface area contributed by atoms with Crippen molar-refractivity contribution in [3.63, 3.8) is 0 Å². The van der Waals surface area contributed by atoms with Crippen LogP contribution in [0, 0.1) is 0 Å². The van der Waals surface area contributed by atoms with Gasteiger partial charge in [-0.2, -0.15) is 41.4 Å². The van der Waals surface area contributed by atoms with Crippen LogP contribution in [0.25, 0.3) is 10.3 Å². The highest BCUT2D eigenvalue weighted by atomic mass is 35.5. The molecule has 2 aromatic heterocycles. The van der Waals surface area contributed by atoms with E-state index in [4.69, 9.17) is 33.0 Å². The fourth-order valence-corrected chi connectivity index (χ4v) is 7.20. The molecular formula is C30H26Cl2F6N6O2S. The number of anilines is 3. The first-order valence-electron chi connectivity index (χ1n) is 14.6. The number of carbonyl (C=O) groups excluding carboxylic acids is 1. The molecule has 0 bridgehead atoms. The van der Waals surface area contributed by atoms with Crippen LogP contribution in [0.15, 0.2) is 42.5 Å². The van der Waals surface area contributed by atoms with E-state index in [2.05, 4.69) is 14.9 Å².